The molecule has 0 aromatic heterocycles. The van der Waals surface area contributed by atoms with E-state index in [1.54, 1.807) is 18.2 Å². The largest absolute Gasteiger partial charge is 0.491 e. The second-order valence-corrected chi connectivity index (χ2v) is 7.94. The van der Waals surface area contributed by atoms with Gasteiger partial charge in [-0.15, -0.1) is 0 Å². The van der Waals surface area contributed by atoms with E-state index >= 15 is 0 Å². The maximum absolute atomic E-state index is 11.8. The molecular formula is C17H20N2O5S. The second kappa shape index (κ2) is 7.10. The molecule has 0 amide bonds. The average molecular weight is 364 g/mol. The van der Waals surface area contributed by atoms with Crippen LogP contribution in [0.15, 0.2) is 41.3 Å². The third-order valence-corrected chi connectivity index (χ3v) is 4.53. The Morgan fingerprint density at radius 3 is 2.40 bits per heavy atom. The first-order valence-corrected chi connectivity index (χ1v) is 9.50. The number of benzene rings is 2. The fourth-order valence-electron chi connectivity index (χ4n) is 2.38. The number of ether oxygens (including phenoxy) is 1. The molecule has 8 heteroatoms. The maximum atomic E-state index is 11.8. The van der Waals surface area contributed by atoms with Gasteiger partial charge in [-0.3, -0.25) is 10.1 Å². The number of nitrogens with one attached hydrogen (secondary N) is 1. The van der Waals surface area contributed by atoms with Gasteiger partial charge in [0.15, 0.2) is 9.84 Å². The van der Waals surface area contributed by atoms with Gasteiger partial charge in [0.05, 0.1) is 11.0 Å². The van der Waals surface area contributed by atoms with E-state index < -0.39 is 20.4 Å². The normalized spacial score (nSPS) is 11.4. The van der Waals surface area contributed by atoms with Gasteiger partial charge in [-0.2, -0.15) is 0 Å². The molecule has 0 atom stereocenters. The molecule has 1 N–H and O–H groups in total. The fraction of sp³-hybridized carbons (Fsp3) is 0.294. The van der Waals surface area contributed by atoms with Crippen molar-refractivity contribution in [2.75, 3.05) is 11.6 Å². The van der Waals surface area contributed by atoms with Crippen LogP contribution >= 0.6 is 0 Å². The van der Waals surface area contributed by atoms with Crippen molar-refractivity contribution in [3.8, 4) is 5.75 Å². The summed E-state index contributed by atoms with van der Waals surface area (Å²) >= 11 is 0. The lowest BCUT2D eigenvalue weighted by atomic mass is 10.2. The number of anilines is 2. The van der Waals surface area contributed by atoms with Crippen LogP contribution < -0.4 is 10.1 Å². The van der Waals surface area contributed by atoms with Crippen molar-refractivity contribution in [1.82, 2.24) is 0 Å². The van der Waals surface area contributed by atoms with Crippen molar-refractivity contribution in [3.05, 3.63) is 52.1 Å². The van der Waals surface area contributed by atoms with Crippen LogP contribution in [0, 0.1) is 17.0 Å². The monoisotopic (exact) mass is 364 g/mol. The Labute approximate surface area is 146 Å². The van der Waals surface area contributed by atoms with Crippen LogP contribution in [0.25, 0.3) is 0 Å². The minimum absolute atomic E-state index is 0.0324. The Bertz CT molecular complexity index is 907. The van der Waals surface area contributed by atoms with Gasteiger partial charge in [0.25, 0.3) is 0 Å². The summed E-state index contributed by atoms with van der Waals surface area (Å²) < 4.78 is 29.3. The van der Waals surface area contributed by atoms with Crippen LogP contribution in [0.4, 0.5) is 17.1 Å². The molecule has 7 nitrogen and oxygen atoms in total. The van der Waals surface area contributed by atoms with Crippen molar-refractivity contribution in [3.63, 3.8) is 0 Å². The van der Waals surface area contributed by atoms with E-state index in [1.807, 2.05) is 20.8 Å². The van der Waals surface area contributed by atoms with Crippen LogP contribution in [0.2, 0.25) is 0 Å². The number of nitro benzene ring substituents is 1. The standard InChI is InChI=1S/C17H20N2O5S/c1-11(2)24-15-9-8-13(10-12(15)3)18-14-6-5-7-16(25(4,22)23)17(14)19(20)21/h5-11,18H,1-4H3. The van der Waals surface area contributed by atoms with Crippen molar-refractivity contribution in [2.45, 2.75) is 31.8 Å². The minimum atomic E-state index is -3.72. The number of hydrogen-bond donors (Lipinski definition) is 1. The molecule has 0 radical (unpaired) electrons. The van der Waals surface area contributed by atoms with Gasteiger partial charge < -0.3 is 10.1 Å². The molecule has 2 rings (SSSR count). The molecule has 0 saturated carbocycles. The van der Waals surface area contributed by atoms with Gasteiger partial charge in [0.2, 0.25) is 0 Å². The summed E-state index contributed by atoms with van der Waals surface area (Å²) in [6.45, 7) is 5.71. The number of sulfone groups is 1. The van der Waals surface area contributed by atoms with Gasteiger partial charge in [-0.1, -0.05) is 6.07 Å². The fourth-order valence-corrected chi connectivity index (χ4v) is 3.24. The zero-order chi connectivity index (χ0) is 18.8. The van der Waals surface area contributed by atoms with E-state index in [0.717, 1.165) is 17.6 Å². The van der Waals surface area contributed by atoms with Crippen LogP contribution in [0.5, 0.6) is 5.75 Å². The predicted molar refractivity (Wildman–Crippen MR) is 96.4 cm³/mol. The lowest BCUT2D eigenvalue weighted by molar-refractivity contribution is -0.386. The molecule has 2 aromatic carbocycles. The van der Waals surface area contributed by atoms with E-state index in [0.29, 0.717) is 5.69 Å². The third-order valence-electron chi connectivity index (χ3n) is 3.40. The second-order valence-electron chi connectivity index (χ2n) is 5.95. The smallest absolute Gasteiger partial charge is 0.311 e. The highest BCUT2D eigenvalue weighted by Gasteiger charge is 2.26. The number of hydrogen-bond acceptors (Lipinski definition) is 6. The van der Waals surface area contributed by atoms with Crippen molar-refractivity contribution >= 4 is 26.9 Å². The summed E-state index contributed by atoms with van der Waals surface area (Å²) in [5, 5.41) is 14.3. The van der Waals surface area contributed by atoms with Gasteiger partial charge in [0.1, 0.15) is 16.3 Å². The number of nitro groups is 1. The highest BCUT2D eigenvalue weighted by molar-refractivity contribution is 7.90. The predicted octanol–water partition coefficient (Wildman–Crippen LogP) is 3.84. The Morgan fingerprint density at radius 2 is 1.88 bits per heavy atom. The van der Waals surface area contributed by atoms with E-state index in [2.05, 4.69) is 5.32 Å². The van der Waals surface area contributed by atoms with Crippen LogP contribution in [-0.2, 0) is 9.84 Å². The number of nitrogens with zero attached hydrogens (tertiary/aromatic N) is 1. The minimum Gasteiger partial charge on any atom is -0.491 e. The zero-order valence-corrected chi connectivity index (χ0v) is 15.3. The molecular weight excluding hydrogens is 344 g/mol. The molecule has 0 heterocycles. The van der Waals surface area contributed by atoms with E-state index in [1.165, 1.54) is 18.2 Å². The van der Waals surface area contributed by atoms with Crippen molar-refractivity contribution in [1.29, 1.82) is 0 Å². The van der Waals surface area contributed by atoms with Gasteiger partial charge in [-0.25, -0.2) is 8.42 Å². The summed E-state index contributed by atoms with van der Waals surface area (Å²) in [6.07, 6.45) is 0.978. The highest BCUT2D eigenvalue weighted by Crippen LogP contribution is 2.34. The molecule has 25 heavy (non-hydrogen) atoms. The van der Waals surface area contributed by atoms with Gasteiger partial charge in [-0.05, 0) is 56.7 Å². The molecule has 0 spiro atoms. The molecule has 0 unspecified atom stereocenters. The van der Waals surface area contributed by atoms with Crippen molar-refractivity contribution < 1.29 is 18.1 Å². The Morgan fingerprint density at radius 1 is 1.20 bits per heavy atom. The summed E-state index contributed by atoms with van der Waals surface area (Å²) in [7, 11) is -3.72. The summed E-state index contributed by atoms with van der Waals surface area (Å²) in [6, 6.07) is 9.44. The summed E-state index contributed by atoms with van der Waals surface area (Å²) in [5.41, 5.74) is 1.11. The number of aryl methyl sites for hydroxylation is 1. The molecule has 0 fully saturated rings. The highest BCUT2D eigenvalue weighted by atomic mass is 32.2. The first-order valence-electron chi connectivity index (χ1n) is 7.61. The molecule has 0 aliphatic rings. The van der Waals surface area contributed by atoms with E-state index in [-0.39, 0.29) is 16.7 Å². The van der Waals surface area contributed by atoms with Gasteiger partial charge in [0, 0.05) is 11.9 Å². The first kappa shape index (κ1) is 18.7. The third kappa shape index (κ3) is 4.48. The SMILES string of the molecule is Cc1cc(Nc2cccc(S(C)(=O)=O)c2[N+](=O)[O-])ccc1OC(C)C. The van der Waals surface area contributed by atoms with Gasteiger partial charge >= 0.3 is 5.69 Å². The summed E-state index contributed by atoms with van der Waals surface area (Å²) in [4.78, 5) is 10.4. The molecule has 0 bridgehead atoms. The van der Waals surface area contributed by atoms with E-state index in [4.69, 9.17) is 4.74 Å². The zero-order valence-electron chi connectivity index (χ0n) is 14.4. The quantitative estimate of drug-likeness (QED) is 0.618. The van der Waals surface area contributed by atoms with Crippen LogP contribution in [0.1, 0.15) is 19.4 Å². The van der Waals surface area contributed by atoms with Crippen molar-refractivity contribution in [2.24, 2.45) is 0 Å². The average Bonchev–Trinajstić information content (AvgIpc) is 2.48. The van der Waals surface area contributed by atoms with E-state index in [9.17, 15) is 18.5 Å². The molecule has 0 aliphatic heterocycles. The maximum Gasteiger partial charge on any atom is 0.311 e. The molecule has 0 aliphatic carbocycles. The Balaban J connectivity index is 2.44. The topological polar surface area (TPSA) is 98.5 Å². The molecule has 0 saturated heterocycles. The number of para-hydroxylation sites is 1. The lowest BCUT2D eigenvalue weighted by Gasteiger charge is -2.14. The van der Waals surface area contributed by atoms with Crippen LogP contribution in [0.3, 0.4) is 0 Å². The first-order chi connectivity index (χ1) is 11.6. The van der Waals surface area contributed by atoms with Crippen LogP contribution in [-0.4, -0.2) is 25.7 Å². The summed E-state index contributed by atoms with van der Waals surface area (Å²) in [5.74, 6) is 0.722. The Hall–Kier alpha value is -2.61. The Kier molecular flexibility index (Phi) is 5.32. The lowest BCUT2D eigenvalue weighted by Crippen LogP contribution is -2.07. The molecule has 2 aromatic rings. The molecule has 134 valence electrons. The number of rotatable bonds is 6.